The van der Waals surface area contributed by atoms with Gasteiger partial charge in [-0.25, -0.2) is 0 Å². The first-order chi connectivity index (χ1) is 14.5. The molecule has 0 bridgehead atoms. The van der Waals surface area contributed by atoms with E-state index in [1.807, 2.05) is 0 Å². The van der Waals surface area contributed by atoms with E-state index in [9.17, 15) is 15.3 Å². The normalized spacial score (nSPS) is 49.0. The molecular formula is C28H50O3. The van der Waals surface area contributed by atoms with E-state index in [1.54, 1.807) is 0 Å². The van der Waals surface area contributed by atoms with Crippen LogP contribution in [0.2, 0.25) is 0 Å². The van der Waals surface area contributed by atoms with Gasteiger partial charge in [-0.2, -0.15) is 0 Å². The highest BCUT2D eigenvalue weighted by atomic mass is 16.3. The Hall–Kier alpha value is -0.120. The van der Waals surface area contributed by atoms with Crippen molar-refractivity contribution in [2.24, 2.45) is 58.2 Å². The number of rotatable bonds is 5. The summed E-state index contributed by atoms with van der Waals surface area (Å²) in [7, 11) is 0. The van der Waals surface area contributed by atoms with Crippen LogP contribution in [-0.4, -0.2) is 33.6 Å². The Bertz CT molecular complexity index is 634. The van der Waals surface area contributed by atoms with Crippen LogP contribution in [-0.2, 0) is 0 Å². The van der Waals surface area contributed by atoms with Crippen molar-refractivity contribution in [1.82, 2.24) is 0 Å². The molecule has 0 unspecified atom stereocenters. The zero-order chi connectivity index (χ0) is 22.7. The molecule has 3 N–H and O–H groups in total. The van der Waals surface area contributed by atoms with Gasteiger partial charge in [0.25, 0.3) is 0 Å². The summed E-state index contributed by atoms with van der Waals surface area (Å²) in [5, 5.41) is 32.3. The van der Waals surface area contributed by atoms with Crippen molar-refractivity contribution in [2.75, 3.05) is 0 Å². The quantitative estimate of drug-likeness (QED) is 0.523. The molecule has 4 saturated carbocycles. The number of aliphatic hydroxyl groups excluding tert-OH is 3. The van der Waals surface area contributed by atoms with Crippen LogP contribution in [0.15, 0.2) is 0 Å². The van der Waals surface area contributed by atoms with E-state index in [-0.39, 0.29) is 17.9 Å². The van der Waals surface area contributed by atoms with Crippen molar-refractivity contribution in [3.8, 4) is 0 Å². The Morgan fingerprint density at radius 1 is 0.742 bits per heavy atom. The second-order valence-electron chi connectivity index (χ2n) is 13.3. The van der Waals surface area contributed by atoms with E-state index in [0.717, 1.165) is 30.6 Å². The van der Waals surface area contributed by atoms with Gasteiger partial charge in [-0.05, 0) is 116 Å². The standard InChI is InChI=1S/C28H50O3/c1-16(2)17(3)25(30)26(31)18(4)22-9-10-23-21-8-7-19-15-20(29)11-13-27(19,5)24(21)12-14-28(22,23)6/h16-26,29-31H,7-15H2,1-6H3/t17-,18-,19-,20-,21-,22+,23-,24-,25+,26+,27-,28+/m0/s1. The van der Waals surface area contributed by atoms with E-state index in [2.05, 4.69) is 41.5 Å². The van der Waals surface area contributed by atoms with Crippen molar-refractivity contribution < 1.29 is 15.3 Å². The van der Waals surface area contributed by atoms with Gasteiger partial charge in [-0.3, -0.25) is 0 Å². The molecule has 0 aliphatic heterocycles. The first-order valence-electron chi connectivity index (χ1n) is 13.5. The first kappa shape index (κ1) is 24.0. The zero-order valence-corrected chi connectivity index (χ0v) is 21.1. The number of hydrogen-bond acceptors (Lipinski definition) is 3. The lowest BCUT2D eigenvalue weighted by Crippen LogP contribution is -2.54. The van der Waals surface area contributed by atoms with E-state index >= 15 is 0 Å². The van der Waals surface area contributed by atoms with Gasteiger partial charge in [0.1, 0.15) is 0 Å². The molecule has 0 aromatic heterocycles. The van der Waals surface area contributed by atoms with Gasteiger partial charge in [0.15, 0.2) is 0 Å². The highest BCUT2D eigenvalue weighted by molar-refractivity contribution is 5.10. The number of fused-ring (bicyclic) bond motifs is 5. The maximum Gasteiger partial charge on any atom is 0.0830 e. The van der Waals surface area contributed by atoms with Crippen LogP contribution >= 0.6 is 0 Å². The predicted octanol–water partition coefficient (Wildman–Crippen LogP) is 5.66. The molecule has 3 nitrogen and oxygen atoms in total. The van der Waals surface area contributed by atoms with Crippen LogP contribution in [0, 0.1) is 58.2 Å². The molecular weight excluding hydrogens is 384 g/mol. The summed E-state index contributed by atoms with van der Waals surface area (Å²) >= 11 is 0. The van der Waals surface area contributed by atoms with Crippen LogP contribution < -0.4 is 0 Å². The number of aliphatic hydroxyl groups is 3. The van der Waals surface area contributed by atoms with Crippen LogP contribution in [0.1, 0.15) is 99.3 Å². The van der Waals surface area contributed by atoms with E-state index in [4.69, 9.17) is 0 Å². The van der Waals surface area contributed by atoms with E-state index in [0.29, 0.717) is 28.6 Å². The Kier molecular flexibility index (Phi) is 6.65. The molecule has 0 aromatic carbocycles. The SMILES string of the molecule is CC(C)[C@H](C)[C@@H](O)[C@H](O)[C@@H](C)[C@H]1CC[C@H]2[C@@H]3CC[C@H]4C[C@@H](O)CC[C@]4(C)[C@H]3CC[C@]12C. The Balaban J connectivity index is 1.51. The highest BCUT2D eigenvalue weighted by Gasteiger charge is 2.61. The Morgan fingerprint density at radius 2 is 1.39 bits per heavy atom. The lowest BCUT2D eigenvalue weighted by atomic mass is 9.44. The molecule has 0 aromatic rings. The Labute approximate surface area is 191 Å². The van der Waals surface area contributed by atoms with Gasteiger partial charge in [-0.1, -0.05) is 41.5 Å². The molecule has 3 heteroatoms. The molecule has 4 rings (SSSR count). The Morgan fingerprint density at radius 3 is 2.06 bits per heavy atom. The topological polar surface area (TPSA) is 60.7 Å². The minimum atomic E-state index is -0.628. The fourth-order valence-corrected chi connectivity index (χ4v) is 9.39. The van der Waals surface area contributed by atoms with Gasteiger partial charge in [-0.15, -0.1) is 0 Å². The molecule has 180 valence electrons. The summed E-state index contributed by atoms with van der Waals surface area (Å²) in [5.74, 6) is 4.30. The summed E-state index contributed by atoms with van der Waals surface area (Å²) in [4.78, 5) is 0. The molecule has 0 radical (unpaired) electrons. The second kappa shape index (κ2) is 8.58. The molecule has 12 atom stereocenters. The molecule has 4 fully saturated rings. The third kappa shape index (κ3) is 3.83. The van der Waals surface area contributed by atoms with Crippen LogP contribution in [0.5, 0.6) is 0 Å². The minimum absolute atomic E-state index is 0.0682. The molecule has 31 heavy (non-hydrogen) atoms. The lowest BCUT2D eigenvalue weighted by Gasteiger charge is -2.61. The van der Waals surface area contributed by atoms with Gasteiger partial charge in [0.2, 0.25) is 0 Å². The van der Waals surface area contributed by atoms with Gasteiger partial charge in [0, 0.05) is 0 Å². The zero-order valence-electron chi connectivity index (χ0n) is 21.1. The fourth-order valence-electron chi connectivity index (χ4n) is 9.39. The monoisotopic (exact) mass is 434 g/mol. The number of hydrogen-bond donors (Lipinski definition) is 3. The largest absolute Gasteiger partial charge is 0.393 e. The summed E-state index contributed by atoms with van der Waals surface area (Å²) in [6, 6.07) is 0. The summed E-state index contributed by atoms with van der Waals surface area (Å²) in [5.41, 5.74) is 0.731. The van der Waals surface area contributed by atoms with Crippen molar-refractivity contribution in [3.63, 3.8) is 0 Å². The van der Waals surface area contributed by atoms with Crippen LogP contribution in [0.3, 0.4) is 0 Å². The molecule has 0 saturated heterocycles. The van der Waals surface area contributed by atoms with Crippen LogP contribution in [0.25, 0.3) is 0 Å². The summed E-state index contributed by atoms with van der Waals surface area (Å²) in [6.45, 7) is 13.7. The fraction of sp³-hybridized carbons (Fsp3) is 1.00. The molecule has 0 amide bonds. The van der Waals surface area contributed by atoms with Gasteiger partial charge < -0.3 is 15.3 Å². The maximum absolute atomic E-state index is 11.1. The predicted molar refractivity (Wildman–Crippen MR) is 126 cm³/mol. The summed E-state index contributed by atoms with van der Waals surface area (Å²) in [6.07, 6.45) is 9.68. The smallest absolute Gasteiger partial charge is 0.0830 e. The van der Waals surface area contributed by atoms with Crippen molar-refractivity contribution in [2.45, 2.75) is 118 Å². The van der Waals surface area contributed by atoms with Gasteiger partial charge >= 0.3 is 0 Å². The highest BCUT2D eigenvalue weighted by Crippen LogP contribution is 2.68. The average Bonchev–Trinajstić information content (AvgIpc) is 3.09. The molecule has 4 aliphatic carbocycles. The summed E-state index contributed by atoms with van der Waals surface area (Å²) < 4.78 is 0. The first-order valence-corrected chi connectivity index (χ1v) is 13.5. The van der Waals surface area contributed by atoms with Crippen molar-refractivity contribution >= 4 is 0 Å². The molecule has 0 heterocycles. The minimum Gasteiger partial charge on any atom is -0.393 e. The van der Waals surface area contributed by atoms with E-state index in [1.165, 1.54) is 44.9 Å². The lowest BCUT2D eigenvalue weighted by molar-refractivity contribution is -0.136. The van der Waals surface area contributed by atoms with E-state index < -0.39 is 12.2 Å². The maximum atomic E-state index is 11.1. The third-order valence-corrected chi connectivity index (χ3v) is 11.8. The van der Waals surface area contributed by atoms with Gasteiger partial charge in [0.05, 0.1) is 18.3 Å². The average molecular weight is 435 g/mol. The molecule has 0 spiro atoms. The second-order valence-corrected chi connectivity index (χ2v) is 13.3. The molecule has 4 aliphatic rings. The third-order valence-electron chi connectivity index (χ3n) is 11.8. The van der Waals surface area contributed by atoms with Crippen molar-refractivity contribution in [3.05, 3.63) is 0 Å². The van der Waals surface area contributed by atoms with Crippen molar-refractivity contribution in [1.29, 1.82) is 0 Å². The van der Waals surface area contributed by atoms with Crippen LogP contribution in [0.4, 0.5) is 0 Å².